The summed E-state index contributed by atoms with van der Waals surface area (Å²) in [4.78, 5) is 13.4. The fraction of sp³-hybridized carbons (Fsp3) is 0.267. The van der Waals surface area contributed by atoms with Gasteiger partial charge >= 0.3 is 0 Å². The van der Waals surface area contributed by atoms with Gasteiger partial charge in [0.25, 0.3) is 5.91 Å². The number of carbonyl (C=O) groups is 1. The van der Waals surface area contributed by atoms with E-state index in [1.807, 2.05) is 7.05 Å². The Kier molecular flexibility index (Phi) is 4.10. The average Bonchev–Trinajstić information content (AvgIpc) is 2.86. The Morgan fingerprint density at radius 3 is 2.75 bits per heavy atom. The summed E-state index contributed by atoms with van der Waals surface area (Å²) < 4.78 is 5.39. The van der Waals surface area contributed by atoms with E-state index in [0.717, 1.165) is 5.69 Å². The second kappa shape index (κ2) is 5.79. The molecule has 1 amide bonds. The number of hydrogen-bond acceptors (Lipinski definition) is 4. The zero-order valence-corrected chi connectivity index (χ0v) is 11.9. The zero-order valence-electron chi connectivity index (χ0n) is 11.9. The summed E-state index contributed by atoms with van der Waals surface area (Å²) in [5, 5.41) is 0. The summed E-state index contributed by atoms with van der Waals surface area (Å²) in [6.07, 6.45) is 1.41. The molecule has 1 aromatic carbocycles. The van der Waals surface area contributed by atoms with Gasteiger partial charge in [-0.2, -0.15) is 0 Å². The molecule has 3 N–H and O–H groups in total. The minimum Gasteiger partial charge on any atom is -0.467 e. The zero-order chi connectivity index (χ0) is 14.7. The number of benzene rings is 1. The SMILES string of the molecule is Cc1ccc(N(C)Cc2cc(C(=O)NN)co2)c(C)c1. The number of hydrogen-bond donors (Lipinski definition) is 2. The number of nitrogens with two attached hydrogens (primary N) is 1. The number of aryl methyl sites for hydroxylation is 2. The van der Waals surface area contributed by atoms with Crippen LogP contribution in [0.3, 0.4) is 0 Å². The van der Waals surface area contributed by atoms with Crippen LogP contribution in [0.15, 0.2) is 34.9 Å². The van der Waals surface area contributed by atoms with Gasteiger partial charge in [0, 0.05) is 12.7 Å². The summed E-state index contributed by atoms with van der Waals surface area (Å²) >= 11 is 0. The molecule has 2 rings (SSSR count). The van der Waals surface area contributed by atoms with Crippen LogP contribution in [-0.2, 0) is 6.54 Å². The van der Waals surface area contributed by atoms with Gasteiger partial charge in [-0.05, 0) is 31.5 Å². The molecule has 0 atom stereocenters. The minimum atomic E-state index is -0.353. The van der Waals surface area contributed by atoms with Crippen LogP contribution in [0.1, 0.15) is 27.2 Å². The first-order chi connectivity index (χ1) is 9.51. The Balaban J connectivity index is 2.13. The minimum absolute atomic E-state index is 0.353. The van der Waals surface area contributed by atoms with Crippen molar-refractivity contribution in [2.45, 2.75) is 20.4 Å². The Labute approximate surface area is 118 Å². The monoisotopic (exact) mass is 273 g/mol. The lowest BCUT2D eigenvalue weighted by Crippen LogP contribution is -2.29. The third kappa shape index (κ3) is 3.00. The van der Waals surface area contributed by atoms with Crippen molar-refractivity contribution in [3.8, 4) is 0 Å². The standard InChI is InChI=1S/C15H19N3O2/c1-10-4-5-14(11(2)6-10)18(3)8-13-7-12(9-20-13)15(19)17-16/h4-7,9H,8,16H2,1-3H3,(H,17,19). The lowest BCUT2D eigenvalue weighted by Gasteiger charge is -2.20. The highest BCUT2D eigenvalue weighted by Crippen LogP contribution is 2.22. The molecule has 2 aromatic rings. The van der Waals surface area contributed by atoms with E-state index in [-0.39, 0.29) is 5.91 Å². The molecule has 106 valence electrons. The third-order valence-electron chi connectivity index (χ3n) is 3.20. The van der Waals surface area contributed by atoms with Crippen molar-refractivity contribution in [1.82, 2.24) is 5.43 Å². The summed E-state index contributed by atoms with van der Waals surface area (Å²) in [5.74, 6) is 5.45. The fourth-order valence-electron chi connectivity index (χ4n) is 2.22. The molecule has 0 saturated carbocycles. The molecule has 0 spiro atoms. The maximum atomic E-state index is 11.4. The highest BCUT2D eigenvalue weighted by molar-refractivity contribution is 5.93. The summed E-state index contributed by atoms with van der Waals surface area (Å²) in [7, 11) is 1.99. The van der Waals surface area contributed by atoms with E-state index in [2.05, 4.69) is 42.4 Å². The van der Waals surface area contributed by atoms with E-state index in [9.17, 15) is 4.79 Å². The first-order valence-electron chi connectivity index (χ1n) is 6.38. The average molecular weight is 273 g/mol. The van der Waals surface area contributed by atoms with E-state index >= 15 is 0 Å². The van der Waals surface area contributed by atoms with Gasteiger partial charge in [-0.3, -0.25) is 10.2 Å². The first-order valence-corrected chi connectivity index (χ1v) is 6.38. The van der Waals surface area contributed by atoms with Crippen LogP contribution < -0.4 is 16.2 Å². The van der Waals surface area contributed by atoms with Crippen LogP contribution in [0.2, 0.25) is 0 Å². The van der Waals surface area contributed by atoms with Crippen molar-refractivity contribution >= 4 is 11.6 Å². The molecular weight excluding hydrogens is 254 g/mol. The normalized spacial score (nSPS) is 10.4. The lowest BCUT2D eigenvalue weighted by atomic mass is 10.1. The second-order valence-corrected chi connectivity index (χ2v) is 4.92. The van der Waals surface area contributed by atoms with E-state index < -0.39 is 0 Å². The molecule has 1 heterocycles. The number of rotatable bonds is 4. The molecule has 0 radical (unpaired) electrons. The summed E-state index contributed by atoms with van der Waals surface area (Å²) in [6.45, 7) is 4.73. The maximum Gasteiger partial charge on any atom is 0.268 e. The number of anilines is 1. The summed E-state index contributed by atoms with van der Waals surface area (Å²) in [6, 6.07) is 8.00. The number of nitrogen functional groups attached to an aromatic ring is 1. The van der Waals surface area contributed by atoms with Crippen LogP contribution >= 0.6 is 0 Å². The van der Waals surface area contributed by atoms with Gasteiger partial charge in [-0.15, -0.1) is 0 Å². The first kappa shape index (κ1) is 14.1. The molecule has 0 fully saturated rings. The van der Waals surface area contributed by atoms with Crippen LogP contribution in [0.4, 0.5) is 5.69 Å². The van der Waals surface area contributed by atoms with Crippen LogP contribution in [0.5, 0.6) is 0 Å². The van der Waals surface area contributed by atoms with Gasteiger partial charge in [-0.25, -0.2) is 5.84 Å². The summed E-state index contributed by atoms with van der Waals surface area (Å²) in [5.41, 5.74) is 6.09. The smallest absolute Gasteiger partial charge is 0.268 e. The molecule has 0 aliphatic heterocycles. The molecule has 0 aliphatic carbocycles. The van der Waals surface area contributed by atoms with E-state index in [4.69, 9.17) is 10.3 Å². The van der Waals surface area contributed by atoms with Gasteiger partial charge in [0.15, 0.2) is 0 Å². The number of hydrazine groups is 1. The topological polar surface area (TPSA) is 71.5 Å². The highest BCUT2D eigenvalue weighted by atomic mass is 16.3. The molecule has 0 aliphatic rings. The van der Waals surface area contributed by atoms with E-state index in [0.29, 0.717) is 17.9 Å². The molecule has 0 unspecified atom stereocenters. The highest BCUT2D eigenvalue weighted by Gasteiger charge is 2.11. The number of carbonyl (C=O) groups excluding carboxylic acids is 1. The van der Waals surface area contributed by atoms with Crippen molar-refractivity contribution < 1.29 is 9.21 Å². The fourth-order valence-corrected chi connectivity index (χ4v) is 2.22. The number of furan rings is 1. The van der Waals surface area contributed by atoms with Crippen molar-refractivity contribution in [3.63, 3.8) is 0 Å². The molecule has 20 heavy (non-hydrogen) atoms. The lowest BCUT2D eigenvalue weighted by molar-refractivity contribution is 0.0953. The quantitative estimate of drug-likeness (QED) is 0.508. The van der Waals surface area contributed by atoms with Gasteiger partial charge in [0.2, 0.25) is 0 Å². The predicted molar refractivity (Wildman–Crippen MR) is 78.4 cm³/mol. The van der Waals surface area contributed by atoms with Gasteiger partial charge < -0.3 is 9.32 Å². The second-order valence-electron chi connectivity index (χ2n) is 4.92. The van der Waals surface area contributed by atoms with Gasteiger partial charge in [0.1, 0.15) is 12.0 Å². The predicted octanol–water partition coefficient (Wildman–Crippen LogP) is 2.14. The molecule has 5 nitrogen and oxygen atoms in total. The Morgan fingerprint density at radius 1 is 1.35 bits per heavy atom. The Bertz CT molecular complexity index is 619. The van der Waals surface area contributed by atoms with Crippen LogP contribution in [-0.4, -0.2) is 13.0 Å². The van der Waals surface area contributed by atoms with Gasteiger partial charge in [0.05, 0.1) is 12.1 Å². The van der Waals surface area contributed by atoms with Crippen molar-refractivity contribution in [2.24, 2.45) is 5.84 Å². The number of nitrogens with one attached hydrogen (secondary N) is 1. The molecule has 0 saturated heterocycles. The molecule has 5 heteroatoms. The Hall–Kier alpha value is -2.27. The van der Waals surface area contributed by atoms with Crippen molar-refractivity contribution in [2.75, 3.05) is 11.9 Å². The molecule has 1 aromatic heterocycles. The number of nitrogens with zero attached hydrogens (tertiary/aromatic N) is 1. The maximum absolute atomic E-state index is 11.4. The van der Waals surface area contributed by atoms with Crippen LogP contribution in [0.25, 0.3) is 0 Å². The molecule has 0 bridgehead atoms. The van der Waals surface area contributed by atoms with Crippen LogP contribution in [0, 0.1) is 13.8 Å². The number of amides is 1. The van der Waals surface area contributed by atoms with E-state index in [1.165, 1.54) is 17.4 Å². The van der Waals surface area contributed by atoms with E-state index in [1.54, 1.807) is 6.07 Å². The van der Waals surface area contributed by atoms with Gasteiger partial charge in [-0.1, -0.05) is 17.7 Å². The van der Waals surface area contributed by atoms with Crippen molar-refractivity contribution in [3.05, 3.63) is 53.0 Å². The molecular formula is C15H19N3O2. The Morgan fingerprint density at radius 2 is 2.10 bits per heavy atom. The van der Waals surface area contributed by atoms with Crippen molar-refractivity contribution in [1.29, 1.82) is 0 Å². The third-order valence-corrected chi connectivity index (χ3v) is 3.20. The largest absolute Gasteiger partial charge is 0.467 e.